The number of benzene rings is 1. The number of rotatable bonds is 6. The maximum absolute atomic E-state index is 5.83. The van der Waals surface area contributed by atoms with Crippen LogP contribution in [0.5, 0.6) is 11.5 Å². The van der Waals surface area contributed by atoms with E-state index in [1.165, 1.54) is 5.56 Å². The fraction of sp³-hybridized carbons (Fsp3) is 0.625. The molecule has 4 heteroatoms. The maximum atomic E-state index is 5.83. The van der Waals surface area contributed by atoms with Crippen LogP contribution in [0.4, 0.5) is 0 Å². The van der Waals surface area contributed by atoms with E-state index in [1.54, 1.807) is 7.11 Å². The average Bonchev–Trinajstić information content (AvgIpc) is 2.76. The normalized spacial score (nSPS) is 17.8. The van der Waals surface area contributed by atoms with E-state index < -0.39 is 0 Å². The van der Waals surface area contributed by atoms with Gasteiger partial charge < -0.3 is 14.8 Å². The fourth-order valence-corrected chi connectivity index (χ4v) is 2.63. The van der Waals surface area contributed by atoms with Crippen LogP contribution in [0.15, 0.2) is 12.1 Å². The van der Waals surface area contributed by atoms with Crippen molar-refractivity contribution in [1.82, 2.24) is 5.32 Å². The van der Waals surface area contributed by atoms with Crippen LogP contribution in [0.2, 0.25) is 0 Å². The van der Waals surface area contributed by atoms with Gasteiger partial charge in [0.05, 0.1) is 7.11 Å². The standard InChI is InChI=1S/C16H25NO2S/c1-11-6-12-7-14(18-4)13(8-15(12)19-11)9-17-10-16(2,3)20-5/h7-8,11,17H,6,9-10H2,1-5H3. The SMILES string of the molecule is COc1cc2c(cc1CNCC(C)(C)SC)OC(C)C2. The third-order valence-electron chi connectivity index (χ3n) is 3.72. The van der Waals surface area contributed by atoms with Crippen molar-refractivity contribution < 1.29 is 9.47 Å². The van der Waals surface area contributed by atoms with Gasteiger partial charge in [0.2, 0.25) is 0 Å². The molecule has 0 aliphatic carbocycles. The summed E-state index contributed by atoms with van der Waals surface area (Å²) in [5.74, 6) is 1.97. The summed E-state index contributed by atoms with van der Waals surface area (Å²) >= 11 is 1.87. The Kier molecular flexibility index (Phi) is 4.86. The largest absolute Gasteiger partial charge is 0.496 e. The molecule has 1 aromatic carbocycles. The van der Waals surface area contributed by atoms with Gasteiger partial charge >= 0.3 is 0 Å². The first kappa shape index (κ1) is 15.5. The van der Waals surface area contributed by atoms with E-state index >= 15 is 0 Å². The molecule has 0 saturated heterocycles. The summed E-state index contributed by atoms with van der Waals surface area (Å²) in [5, 5.41) is 3.51. The predicted molar refractivity (Wildman–Crippen MR) is 86.1 cm³/mol. The molecule has 1 unspecified atom stereocenters. The molecule has 0 spiro atoms. The average molecular weight is 295 g/mol. The molecule has 1 atom stereocenters. The highest BCUT2D eigenvalue weighted by molar-refractivity contribution is 7.99. The van der Waals surface area contributed by atoms with E-state index in [-0.39, 0.29) is 10.9 Å². The van der Waals surface area contributed by atoms with Crippen LogP contribution in [0.25, 0.3) is 0 Å². The zero-order valence-corrected chi connectivity index (χ0v) is 13.9. The number of methoxy groups -OCH3 is 1. The summed E-state index contributed by atoms with van der Waals surface area (Å²) in [5.41, 5.74) is 2.42. The monoisotopic (exact) mass is 295 g/mol. The van der Waals surface area contributed by atoms with Gasteiger partial charge in [0.15, 0.2) is 0 Å². The lowest BCUT2D eigenvalue weighted by Gasteiger charge is -2.22. The number of thioether (sulfide) groups is 1. The minimum absolute atomic E-state index is 0.245. The van der Waals surface area contributed by atoms with Crippen LogP contribution < -0.4 is 14.8 Å². The minimum atomic E-state index is 0.245. The molecule has 0 amide bonds. The molecule has 2 rings (SSSR count). The molecule has 3 nitrogen and oxygen atoms in total. The Morgan fingerprint density at radius 3 is 2.85 bits per heavy atom. The van der Waals surface area contributed by atoms with Crippen LogP contribution in [0.3, 0.4) is 0 Å². The van der Waals surface area contributed by atoms with Crippen molar-refractivity contribution in [2.75, 3.05) is 19.9 Å². The molecular weight excluding hydrogens is 270 g/mol. The Morgan fingerprint density at radius 2 is 2.20 bits per heavy atom. The Balaban J connectivity index is 2.06. The molecule has 1 aliphatic heterocycles. The maximum Gasteiger partial charge on any atom is 0.123 e. The van der Waals surface area contributed by atoms with Gasteiger partial charge in [0, 0.05) is 35.4 Å². The van der Waals surface area contributed by atoms with Gasteiger partial charge in [-0.15, -0.1) is 0 Å². The molecule has 0 aromatic heterocycles. The van der Waals surface area contributed by atoms with E-state index in [0.717, 1.165) is 36.6 Å². The highest BCUT2D eigenvalue weighted by Crippen LogP contribution is 2.35. The summed E-state index contributed by atoms with van der Waals surface area (Å²) in [6.45, 7) is 8.36. The minimum Gasteiger partial charge on any atom is -0.496 e. The fourth-order valence-electron chi connectivity index (χ4n) is 2.38. The Hall–Kier alpha value is -0.870. The van der Waals surface area contributed by atoms with E-state index in [9.17, 15) is 0 Å². The van der Waals surface area contributed by atoms with Gasteiger partial charge in [0.1, 0.15) is 17.6 Å². The topological polar surface area (TPSA) is 30.5 Å². The first-order chi connectivity index (χ1) is 9.45. The summed E-state index contributed by atoms with van der Waals surface area (Å²) < 4.78 is 11.6. The Morgan fingerprint density at radius 1 is 1.45 bits per heavy atom. The molecule has 1 aliphatic rings. The molecule has 112 valence electrons. The molecule has 1 aromatic rings. The molecule has 0 saturated carbocycles. The first-order valence-corrected chi connectivity index (χ1v) is 8.30. The zero-order valence-electron chi connectivity index (χ0n) is 13.1. The second-order valence-electron chi connectivity index (χ2n) is 5.97. The molecule has 0 radical (unpaired) electrons. The number of hydrogen-bond donors (Lipinski definition) is 1. The summed E-state index contributed by atoms with van der Waals surface area (Å²) in [7, 11) is 1.73. The third-order valence-corrected chi connectivity index (χ3v) is 4.97. The summed E-state index contributed by atoms with van der Waals surface area (Å²) in [6, 6.07) is 4.24. The van der Waals surface area contributed by atoms with Gasteiger partial charge in [-0.25, -0.2) is 0 Å². The number of hydrogen-bond acceptors (Lipinski definition) is 4. The second kappa shape index (κ2) is 6.27. The van der Waals surface area contributed by atoms with Crippen molar-refractivity contribution >= 4 is 11.8 Å². The van der Waals surface area contributed by atoms with Crippen LogP contribution >= 0.6 is 11.8 Å². The summed E-state index contributed by atoms with van der Waals surface area (Å²) in [4.78, 5) is 0. The highest BCUT2D eigenvalue weighted by Gasteiger charge is 2.22. The number of nitrogens with one attached hydrogen (secondary N) is 1. The molecule has 1 heterocycles. The molecule has 1 N–H and O–H groups in total. The molecular formula is C16H25NO2S. The van der Waals surface area contributed by atoms with E-state index in [0.29, 0.717) is 0 Å². The van der Waals surface area contributed by atoms with Crippen molar-refractivity contribution in [3.63, 3.8) is 0 Å². The van der Waals surface area contributed by atoms with Gasteiger partial charge in [-0.2, -0.15) is 11.8 Å². The molecule has 0 fully saturated rings. The van der Waals surface area contributed by atoms with Crippen LogP contribution in [0, 0.1) is 0 Å². The lowest BCUT2D eigenvalue weighted by molar-refractivity contribution is 0.254. The van der Waals surface area contributed by atoms with E-state index in [1.807, 2.05) is 11.8 Å². The van der Waals surface area contributed by atoms with Crippen molar-refractivity contribution in [3.8, 4) is 11.5 Å². The van der Waals surface area contributed by atoms with Crippen molar-refractivity contribution in [3.05, 3.63) is 23.3 Å². The van der Waals surface area contributed by atoms with Gasteiger partial charge in [0.25, 0.3) is 0 Å². The van der Waals surface area contributed by atoms with Crippen molar-refractivity contribution in [1.29, 1.82) is 0 Å². The third kappa shape index (κ3) is 3.61. The van der Waals surface area contributed by atoms with E-state index in [2.05, 4.69) is 44.5 Å². The lowest BCUT2D eigenvalue weighted by Crippen LogP contribution is -2.31. The molecule has 20 heavy (non-hydrogen) atoms. The van der Waals surface area contributed by atoms with Gasteiger partial charge in [-0.3, -0.25) is 0 Å². The number of ether oxygens (including phenoxy) is 2. The second-order valence-corrected chi connectivity index (χ2v) is 7.49. The summed E-state index contributed by atoms with van der Waals surface area (Å²) in [6.07, 6.45) is 3.39. The highest BCUT2D eigenvalue weighted by atomic mass is 32.2. The van der Waals surface area contributed by atoms with Gasteiger partial charge in [-0.1, -0.05) is 0 Å². The molecule has 0 bridgehead atoms. The van der Waals surface area contributed by atoms with Crippen molar-refractivity contribution in [2.24, 2.45) is 0 Å². The van der Waals surface area contributed by atoms with Crippen LogP contribution in [0.1, 0.15) is 31.9 Å². The lowest BCUT2D eigenvalue weighted by atomic mass is 10.1. The van der Waals surface area contributed by atoms with E-state index in [4.69, 9.17) is 9.47 Å². The first-order valence-electron chi connectivity index (χ1n) is 7.07. The number of fused-ring (bicyclic) bond motifs is 1. The predicted octanol–water partition coefficient (Wildman–Crippen LogP) is 3.25. The zero-order chi connectivity index (χ0) is 14.8. The van der Waals surface area contributed by atoms with Crippen LogP contribution in [-0.2, 0) is 13.0 Å². The smallest absolute Gasteiger partial charge is 0.123 e. The van der Waals surface area contributed by atoms with Crippen molar-refractivity contribution in [2.45, 2.75) is 44.6 Å². The van der Waals surface area contributed by atoms with Gasteiger partial charge in [-0.05, 0) is 39.2 Å². The van der Waals surface area contributed by atoms with Crippen LogP contribution in [-0.4, -0.2) is 30.8 Å². The quantitative estimate of drug-likeness (QED) is 0.872. The Bertz CT molecular complexity index is 474. The Labute approximate surface area is 126 Å².